The van der Waals surface area contributed by atoms with Gasteiger partial charge in [0.2, 0.25) is 0 Å². The third-order valence-corrected chi connectivity index (χ3v) is 3.09. The minimum Gasteiger partial charge on any atom is -0.383 e. The van der Waals surface area contributed by atoms with Crippen LogP contribution in [0, 0.1) is 5.41 Å². The lowest BCUT2D eigenvalue weighted by atomic mass is 9.74. The van der Waals surface area contributed by atoms with Crippen molar-refractivity contribution >= 4 is 5.78 Å². The van der Waals surface area contributed by atoms with Crippen LogP contribution >= 0.6 is 0 Å². The molecule has 1 rings (SSSR count). The second kappa shape index (κ2) is 4.09. The van der Waals surface area contributed by atoms with E-state index in [-0.39, 0.29) is 5.78 Å². The van der Waals surface area contributed by atoms with Crippen LogP contribution in [0.3, 0.4) is 0 Å². The molecule has 0 heterocycles. The van der Waals surface area contributed by atoms with Crippen LogP contribution in [0.1, 0.15) is 27.2 Å². The SMILES string of the molecule is CCC(=O)C1(COC)C(C)=CC=C1C. The van der Waals surface area contributed by atoms with Crippen molar-refractivity contribution in [2.45, 2.75) is 27.2 Å². The lowest BCUT2D eigenvalue weighted by molar-refractivity contribution is -0.126. The Morgan fingerprint density at radius 3 is 2.21 bits per heavy atom. The van der Waals surface area contributed by atoms with Crippen molar-refractivity contribution in [3.63, 3.8) is 0 Å². The molecular formula is C12H18O2. The maximum absolute atomic E-state index is 12.0. The van der Waals surface area contributed by atoms with Crippen molar-refractivity contribution in [3.8, 4) is 0 Å². The Kier molecular flexibility index (Phi) is 3.27. The summed E-state index contributed by atoms with van der Waals surface area (Å²) in [5, 5.41) is 0. The summed E-state index contributed by atoms with van der Waals surface area (Å²) in [5.41, 5.74) is 1.73. The molecule has 0 aromatic heterocycles. The molecule has 0 aromatic rings. The highest BCUT2D eigenvalue weighted by molar-refractivity contribution is 5.92. The molecule has 0 bridgehead atoms. The Balaban J connectivity index is 3.10. The highest BCUT2D eigenvalue weighted by Crippen LogP contribution is 2.41. The van der Waals surface area contributed by atoms with E-state index < -0.39 is 5.41 Å². The van der Waals surface area contributed by atoms with Gasteiger partial charge in [-0.1, -0.05) is 30.2 Å². The molecule has 78 valence electrons. The molecule has 0 atom stereocenters. The van der Waals surface area contributed by atoms with Gasteiger partial charge < -0.3 is 4.74 Å². The van der Waals surface area contributed by atoms with Crippen molar-refractivity contribution in [1.82, 2.24) is 0 Å². The first-order valence-electron chi connectivity index (χ1n) is 4.98. The zero-order valence-corrected chi connectivity index (χ0v) is 9.39. The number of hydrogen-bond donors (Lipinski definition) is 0. The zero-order chi connectivity index (χ0) is 10.8. The van der Waals surface area contributed by atoms with E-state index in [1.165, 1.54) is 0 Å². The van der Waals surface area contributed by atoms with Crippen molar-refractivity contribution in [2.75, 3.05) is 13.7 Å². The van der Waals surface area contributed by atoms with Crippen LogP contribution in [0.4, 0.5) is 0 Å². The van der Waals surface area contributed by atoms with Crippen LogP contribution in [0.2, 0.25) is 0 Å². The number of allylic oxidation sites excluding steroid dienone is 2. The van der Waals surface area contributed by atoms with Gasteiger partial charge in [-0.05, 0) is 13.8 Å². The number of carbonyl (C=O) groups is 1. The molecule has 0 aromatic carbocycles. The first-order valence-corrected chi connectivity index (χ1v) is 4.98. The summed E-state index contributed by atoms with van der Waals surface area (Å²) >= 11 is 0. The first kappa shape index (κ1) is 11.2. The van der Waals surface area contributed by atoms with Gasteiger partial charge in [-0.25, -0.2) is 0 Å². The highest BCUT2D eigenvalue weighted by atomic mass is 16.5. The Morgan fingerprint density at radius 2 is 1.86 bits per heavy atom. The molecule has 2 nitrogen and oxygen atoms in total. The first-order chi connectivity index (χ1) is 6.59. The molecule has 1 aliphatic rings. The fourth-order valence-corrected chi connectivity index (χ4v) is 2.11. The van der Waals surface area contributed by atoms with Gasteiger partial charge >= 0.3 is 0 Å². The Hall–Kier alpha value is -0.890. The second-order valence-electron chi connectivity index (χ2n) is 3.81. The molecule has 0 aliphatic heterocycles. The van der Waals surface area contributed by atoms with E-state index >= 15 is 0 Å². The lowest BCUT2D eigenvalue weighted by Crippen LogP contribution is -2.36. The Labute approximate surface area is 85.6 Å². The minimum atomic E-state index is -0.469. The van der Waals surface area contributed by atoms with Gasteiger partial charge in [0.05, 0.1) is 12.0 Å². The number of rotatable bonds is 4. The summed E-state index contributed by atoms with van der Waals surface area (Å²) in [6.45, 7) is 6.36. The van der Waals surface area contributed by atoms with E-state index in [2.05, 4.69) is 0 Å². The average Bonchev–Trinajstić information content (AvgIpc) is 2.46. The Morgan fingerprint density at radius 1 is 1.36 bits per heavy atom. The molecule has 0 radical (unpaired) electrons. The molecule has 0 spiro atoms. The summed E-state index contributed by atoms with van der Waals surface area (Å²) < 4.78 is 5.19. The van der Waals surface area contributed by atoms with Crippen molar-refractivity contribution in [2.24, 2.45) is 5.41 Å². The summed E-state index contributed by atoms with van der Waals surface area (Å²) in [6.07, 6.45) is 4.59. The predicted molar refractivity (Wildman–Crippen MR) is 57.1 cm³/mol. The number of ether oxygens (including phenoxy) is 1. The van der Waals surface area contributed by atoms with Crippen LogP contribution < -0.4 is 0 Å². The van der Waals surface area contributed by atoms with E-state index in [1.54, 1.807) is 7.11 Å². The van der Waals surface area contributed by atoms with Gasteiger partial charge in [0, 0.05) is 13.5 Å². The number of methoxy groups -OCH3 is 1. The Bertz CT molecular complexity index is 279. The third kappa shape index (κ3) is 1.44. The molecule has 0 unspecified atom stereocenters. The summed E-state index contributed by atoms with van der Waals surface area (Å²) in [6, 6.07) is 0. The maximum atomic E-state index is 12.0. The molecule has 2 heteroatoms. The lowest BCUT2D eigenvalue weighted by Gasteiger charge is -2.30. The largest absolute Gasteiger partial charge is 0.383 e. The zero-order valence-electron chi connectivity index (χ0n) is 9.39. The summed E-state index contributed by atoms with van der Waals surface area (Å²) in [4.78, 5) is 12.0. The van der Waals surface area contributed by atoms with E-state index in [9.17, 15) is 4.79 Å². The normalized spacial score (nSPS) is 19.1. The second-order valence-corrected chi connectivity index (χ2v) is 3.81. The summed E-state index contributed by atoms with van der Waals surface area (Å²) in [5.74, 6) is 0.249. The topological polar surface area (TPSA) is 26.3 Å². The predicted octanol–water partition coefficient (Wildman–Crippen LogP) is 2.50. The van der Waals surface area contributed by atoms with Crippen LogP contribution in [0.5, 0.6) is 0 Å². The molecule has 0 saturated heterocycles. The fourth-order valence-electron chi connectivity index (χ4n) is 2.11. The summed E-state index contributed by atoms with van der Waals surface area (Å²) in [7, 11) is 1.64. The number of Topliss-reactive ketones (excluding diaryl/α,β-unsaturated/α-hetero) is 1. The average molecular weight is 194 g/mol. The number of carbonyl (C=O) groups excluding carboxylic acids is 1. The smallest absolute Gasteiger partial charge is 0.149 e. The maximum Gasteiger partial charge on any atom is 0.149 e. The number of hydrogen-bond acceptors (Lipinski definition) is 2. The fraction of sp³-hybridized carbons (Fsp3) is 0.583. The quantitative estimate of drug-likeness (QED) is 0.687. The molecule has 0 N–H and O–H groups in total. The monoisotopic (exact) mass is 194 g/mol. The van der Waals surface area contributed by atoms with Gasteiger partial charge in [-0.2, -0.15) is 0 Å². The van der Waals surface area contributed by atoms with Crippen molar-refractivity contribution in [1.29, 1.82) is 0 Å². The molecule has 1 aliphatic carbocycles. The van der Waals surface area contributed by atoms with Crippen LogP contribution in [0.15, 0.2) is 23.3 Å². The van der Waals surface area contributed by atoms with Gasteiger partial charge in [-0.3, -0.25) is 4.79 Å². The van der Waals surface area contributed by atoms with E-state index in [1.807, 2.05) is 32.9 Å². The van der Waals surface area contributed by atoms with Crippen LogP contribution in [-0.2, 0) is 9.53 Å². The van der Waals surface area contributed by atoms with E-state index in [0.29, 0.717) is 13.0 Å². The van der Waals surface area contributed by atoms with Crippen molar-refractivity contribution in [3.05, 3.63) is 23.3 Å². The van der Waals surface area contributed by atoms with E-state index in [4.69, 9.17) is 4.74 Å². The number of ketones is 1. The van der Waals surface area contributed by atoms with Gasteiger partial charge in [0.15, 0.2) is 0 Å². The standard InChI is InChI=1S/C12H18O2/c1-5-11(13)12(8-14-4)9(2)6-7-10(12)3/h6-7H,5,8H2,1-4H3. The van der Waals surface area contributed by atoms with Gasteiger partial charge in [-0.15, -0.1) is 0 Å². The van der Waals surface area contributed by atoms with Crippen molar-refractivity contribution < 1.29 is 9.53 Å². The molecule has 14 heavy (non-hydrogen) atoms. The van der Waals surface area contributed by atoms with Crippen LogP contribution in [-0.4, -0.2) is 19.5 Å². The highest BCUT2D eigenvalue weighted by Gasteiger charge is 2.42. The van der Waals surface area contributed by atoms with E-state index in [0.717, 1.165) is 11.1 Å². The molecule has 0 fully saturated rings. The van der Waals surface area contributed by atoms with Crippen LogP contribution in [0.25, 0.3) is 0 Å². The molecule has 0 amide bonds. The third-order valence-electron chi connectivity index (χ3n) is 3.09. The van der Waals surface area contributed by atoms with Gasteiger partial charge in [0.25, 0.3) is 0 Å². The molecule has 0 saturated carbocycles. The minimum absolute atomic E-state index is 0.249. The van der Waals surface area contributed by atoms with Gasteiger partial charge in [0.1, 0.15) is 5.78 Å². The molecular weight excluding hydrogens is 176 g/mol.